The summed E-state index contributed by atoms with van der Waals surface area (Å²) in [6.07, 6.45) is 5.52. The first-order chi connectivity index (χ1) is 13.2. The van der Waals surface area contributed by atoms with E-state index in [1.165, 1.54) is 7.11 Å². The number of ketones is 1. The highest BCUT2D eigenvalue weighted by molar-refractivity contribution is 5.83. The van der Waals surface area contributed by atoms with Crippen LogP contribution in [-0.4, -0.2) is 31.1 Å². The summed E-state index contributed by atoms with van der Waals surface area (Å²) in [6.45, 7) is 15.0. The summed E-state index contributed by atoms with van der Waals surface area (Å²) < 4.78 is 11.4. The van der Waals surface area contributed by atoms with E-state index in [-0.39, 0.29) is 35.9 Å². The molecule has 0 aromatic heterocycles. The van der Waals surface area contributed by atoms with Crippen LogP contribution in [0.3, 0.4) is 0 Å². The highest BCUT2D eigenvalue weighted by atomic mass is 16.5. The third-order valence-electron chi connectivity index (χ3n) is 7.10. The molecule has 7 unspecified atom stereocenters. The molecular formula is C24H44O4. The van der Waals surface area contributed by atoms with Crippen LogP contribution in [0.5, 0.6) is 0 Å². The maximum Gasteiger partial charge on any atom is 0.311 e. The molecular weight excluding hydrogens is 352 g/mol. The summed E-state index contributed by atoms with van der Waals surface area (Å²) in [5.74, 6) is 1.43. The lowest BCUT2D eigenvalue weighted by molar-refractivity contribution is -0.165. The molecule has 1 heterocycles. The monoisotopic (exact) mass is 396 g/mol. The molecule has 1 fully saturated rings. The average Bonchev–Trinajstić information content (AvgIpc) is 2.69. The molecule has 0 spiro atoms. The van der Waals surface area contributed by atoms with Crippen LogP contribution in [0.15, 0.2) is 0 Å². The van der Waals surface area contributed by atoms with Gasteiger partial charge in [-0.05, 0) is 49.9 Å². The van der Waals surface area contributed by atoms with E-state index >= 15 is 0 Å². The minimum atomic E-state index is -0.193. The molecule has 1 aliphatic heterocycles. The minimum Gasteiger partial charge on any atom is -0.469 e. The maximum atomic E-state index is 13.0. The molecule has 4 heteroatoms. The average molecular weight is 397 g/mol. The number of hydrogen-bond donors (Lipinski definition) is 0. The van der Waals surface area contributed by atoms with Crippen molar-refractivity contribution in [3.8, 4) is 0 Å². The van der Waals surface area contributed by atoms with Crippen LogP contribution in [0.1, 0.15) is 87.0 Å². The molecule has 0 aromatic carbocycles. The van der Waals surface area contributed by atoms with E-state index in [0.29, 0.717) is 23.5 Å². The molecule has 0 aromatic rings. The number of carbonyl (C=O) groups excluding carboxylic acids is 2. The SMILES string of the molecule is CCC(C)C(CC)C(=O)C(C)CC(C)C1OC(C(CC)C(=O)OC)CC[C@@H]1C. The normalized spacial score (nSPS) is 28.1. The smallest absolute Gasteiger partial charge is 0.311 e. The van der Waals surface area contributed by atoms with Crippen LogP contribution in [0.25, 0.3) is 0 Å². The van der Waals surface area contributed by atoms with Crippen LogP contribution < -0.4 is 0 Å². The summed E-state index contributed by atoms with van der Waals surface area (Å²) in [5, 5.41) is 0. The van der Waals surface area contributed by atoms with E-state index in [9.17, 15) is 9.59 Å². The van der Waals surface area contributed by atoms with Gasteiger partial charge in [-0.15, -0.1) is 0 Å². The fourth-order valence-electron chi connectivity index (χ4n) is 5.06. The van der Waals surface area contributed by atoms with Crippen molar-refractivity contribution >= 4 is 11.8 Å². The number of esters is 1. The minimum absolute atomic E-state index is 0.0488. The summed E-state index contributed by atoms with van der Waals surface area (Å²) in [7, 11) is 1.45. The van der Waals surface area contributed by atoms with Crippen molar-refractivity contribution in [3.05, 3.63) is 0 Å². The highest BCUT2D eigenvalue weighted by Crippen LogP contribution is 2.36. The Morgan fingerprint density at radius 1 is 1.04 bits per heavy atom. The molecule has 164 valence electrons. The highest BCUT2D eigenvalue weighted by Gasteiger charge is 2.39. The fraction of sp³-hybridized carbons (Fsp3) is 0.917. The topological polar surface area (TPSA) is 52.6 Å². The van der Waals surface area contributed by atoms with Gasteiger partial charge in [0, 0.05) is 11.8 Å². The second kappa shape index (κ2) is 11.9. The Labute approximate surface area is 173 Å². The van der Waals surface area contributed by atoms with Gasteiger partial charge in [0.25, 0.3) is 0 Å². The molecule has 1 saturated heterocycles. The van der Waals surface area contributed by atoms with Crippen LogP contribution in [-0.2, 0) is 19.1 Å². The zero-order valence-corrected chi connectivity index (χ0v) is 19.5. The first-order valence-electron chi connectivity index (χ1n) is 11.5. The van der Waals surface area contributed by atoms with Crippen molar-refractivity contribution in [2.45, 2.75) is 99.2 Å². The number of ether oxygens (including phenoxy) is 2. The van der Waals surface area contributed by atoms with Gasteiger partial charge in [0.1, 0.15) is 5.78 Å². The maximum absolute atomic E-state index is 13.0. The van der Waals surface area contributed by atoms with Crippen LogP contribution in [0.2, 0.25) is 0 Å². The number of carbonyl (C=O) groups is 2. The second-order valence-electron chi connectivity index (χ2n) is 9.15. The molecule has 0 aliphatic carbocycles. The lowest BCUT2D eigenvalue weighted by Crippen LogP contribution is -2.44. The Kier molecular flexibility index (Phi) is 10.7. The quantitative estimate of drug-likeness (QED) is 0.422. The molecule has 0 amide bonds. The Bertz CT molecular complexity index is 489. The van der Waals surface area contributed by atoms with Gasteiger partial charge in [0.05, 0.1) is 25.2 Å². The first-order valence-corrected chi connectivity index (χ1v) is 11.5. The number of rotatable bonds is 11. The van der Waals surface area contributed by atoms with Gasteiger partial charge in [0.15, 0.2) is 0 Å². The Balaban J connectivity index is 2.78. The van der Waals surface area contributed by atoms with E-state index in [4.69, 9.17) is 9.47 Å². The molecule has 1 aliphatic rings. The van der Waals surface area contributed by atoms with Crippen molar-refractivity contribution in [2.75, 3.05) is 7.11 Å². The lowest BCUT2D eigenvalue weighted by Gasteiger charge is -2.41. The first kappa shape index (κ1) is 25.1. The molecule has 0 bridgehead atoms. The van der Waals surface area contributed by atoms with Crippen molar-refractivity contribution in [2.24, 2.45) is 35.5 Å². The third kappa shape index (κ3) is 6.30. The Morgan fingerprint density at radius 3 is 2.18 bits per heavy atom. The standard InChI is InChI=1S/C24H44O4/c1-9-15(4)19(10-2)22(25)17(6)14-18(7)23-16(5)12-13-21(28-23)20(11-3)24(26)27-8/h15-21,23H,9-14H2,1-8H3/t15?,16-,17?,18?,19?,20?,21?,23?/m0/s1. The van der Waals surface area contributed by atoms with Gasteiger partial charge in [-0.25, -0.2) is 0 Å². The van der Waals surface area contributed by atoms with Gasteiger partial charge >= 0.3 is 5.97 Å². The largest absolute Gasteiger partial charge is 0.469 e. The number of Topliss-reactive ketones (excluding diaryl/α,β-unsaturated/α-hetero) is 1. The van der Waals surface area contributed by atoms with E-state index in [1.54, 1.807) is 0 Å². The molecule has 8 atom stereocenters. The Hall–Kier alpha value is -0.900. The molecule has 1 rings (SSSR count). The zero-order chi connectivity index (χ0) is 21.4. The van der Waals surface area contributed by atoms with E-state index in [0.717, 1.165) is 38.5 Å². The van der Waals surface area contributed by atoms with Crippen molar-refractivity contribution in [1.29, 1.82) is 0 Å². The number of hydrogen-bond acceptors (Lipinski definition) is 4. The van der Waals surface area contributed by atoms with Crippen molar-refractivity contribution in [1.82, 2.24) is 0 Å². The third-order valence-corrected chi connectivity index (χ3v) is 7.10. The van der Waals surface area contributed by atoms with E-state index in [1.807, 2.05) is 6.92 Å². The summed E-state index contributed by atoms with van der Waals surface area (Å²) in [6, 6.07) is 0. The molecule has 28 heavy (non-hydrogen) atoms. The summed E-state index contributed by atoms with van der Waals surface area (Å²) in [4.78, 5) is 25.1. The van der Waals surface area contributed by atoms with Gasteiger partial charge in [-0.2, -0.15) is 0 Å². The second-order valence-corrected chi connectivity index (χ2v) is 9.15. The van der Waals surface area contributed by atoms with Gasteiger partial charge in [0.2, 0.25) is 0 Å². The fourth-order valence-corrected chi connectivity index (χ4v) is 5.06. The van der Waals surface area contributed by atoms with Crippen molar-refractivity contribution < 1.29 is 19.1 Å². The number of methoxy groups -OCH3 is 1. The predicted molar refractivity (Wildman–Crippen MR) is 114 cm³/mol. The van der Waals surface area contributed by atoms with E-state index in [2.05, 4.69) is 41.5 Å². The molecule has 0 radical (unpaired) electrons. The summed E-state index contributed by atoms with van der Waals surface area (Å²) in [5.41, 5.74) is 0. The van der Waals surface area contributed by atoms with Crippen LogP contribution in [0.4, 0.5) is 0 Å². The van der Waals surface area contributed by atoms with Crippen molar-refractivity contribution in [3.63, 3.8) is 0 Å². The van der Waals surface area contributed by atoms with Gasteiger partial charge in [-0.3, -0.25) is 9.59 Å². The molecule has 4 nitrogen and oxygen atoms in total. The Morgan fingerprint density at radius 2 is 1.68 bits per heavy atom. The summed E-state index contributed by atoms with van der Waals surface area (Å²) >= 11 is 0. The lowest BCUT2D eigenvalue weighted by atomic mass is 9.76. The zero-order valence-electron chi connectivity index (χ0n) is 19.5. The van der Waals surface area contributed by atoms with Gasteiger partial charge in [-0.1, -0.05) is 54.9 Å². The van der Waals surface area contributed by atoms with Gasteiger partial charge < -0.3 is 9.47 Å². The van der Waals surface area contributed by atoms with E-state index < -0.39 is 0 Å². The molecule has 0 saturated carbocycles. The van der Waals surface area contributed by atoms with Crippen LogP contribution in [0, 0.1) is 35.5 Å². The molecule has 0 N–H and O–H groups in total. The van der Waals surface area contributed by atoms with Crippen LogP contribution >= 0.6 is 0 Å². The predicted octanol–water partition coefficient (Wildman–Crippen LogP) is 5.67.